The largest absolute Gasteiger partial charge is 0.479 e. The molecule has 0 aliphatic heterocycles. The van der Waals surface area contributed by atoms with Crippen LogP contribution in [-0.2, 0) is 16.0 Å². The van der Waals surface area contributed by atoms with Crippen molar-refractivity contribution >= 4 is 27.7 Å². The summed E-state index contributed by atoms with van der Waals surface area (Å²) in [7, 11) is 0. The molecule has 0 saturated heterocycles. The lowest BCUT2D eigenvalue weighted by Gasteiger charge is -2.08. The summed E-state index contributed by atoms with van der Waals surface area (Å²) < 4.78 is 0.625. The quantitative estimate of drug-likeness (QED) is 0.883. The van der Waals surface area contributed by atoms with Crippen molar-refractivity contribution in [3.63, 3.8) is 0 Å². The Morgan fingerprint density at radius 1 is 1.44 bits per heavy atom. The summed E-state index contributed by atoms with van der Waals surface area (Å²) in [4.78, 5) is 21.5. The minimum Gasteiger partial charge on any atom is -0.479 e. The van der Waals surface area contributed by atoms with Gasteiger partial charge in [-0.25, -0.2) is 4.79 Å². The topological polar surface area (TPSA) is 74.6 Å². The first-order valence-corrected chi connectivity index (χ1v) is 5.39. The summed E-state index contributed by atoms with van der Waals surface area (Å²) >= 11 is 3.24. The highest BCUT2D eigenvalue weighted by atomic mass is 79.9. The highest BCUT2D eigenvalue weighted by molar-refractivity contribution is 9.10. The Morgan fingerprint density at radius 3 is 2.50 bits per heavy atom. The van der Waals surface area contributed by atoms with E-state index >= 15 is 0 Å². The fourth-order valence-electron chi connectivity index (χ4n) is 1.29. The average Bonchev–Trinajstić information content (AvgIpc) is 2.19. The van der Waals surface area contributed by atoms with Crippen LogP contribution in [0, 0.1) is 0 Å². The molecule has 0 spiro atoms. The fraction of sp³-hybridized carbons (Fsp3) is 0.273. The molecule has 0 bridgehead atoms. The van der Waals surface area contributed by atoms with Crippen molar-refractivity contribution in [3.05, 3.63) is 33.8 Å². The van der Waals surface area contributed by atoms with Crippen LogP contribution in [0.3, 0.4) is 0 Å². The van der Waals surface area contributed by atoms with E-state index in [1.165, 1.54) is 19.1 Å². The summed E-state index contributed by atoms with van der Waals surface area (Å²) in [6.45, 7) is 1.48. The molecule has 16 heavy (non-hydrogen) atoms. The lowest BCUT2D eigenvalue weighted by atomic mass is 10.0. The number of carbonyl (C=O) groups excluding carboxylic acids is 1. The predicted octanol–water partition coefficient (Wildman–Crippen LogP) is 1.70. The highest BCUT2D eigenvalue weighted by Crippen LogP contribution is 2.23. The molecule has 1 aromatic carbocycles. The van der Waals surface area contributed by atoms with E-state index in [-0.39, 0.29) is 17.8 Å². The Balaban J connectivity index is 2.99. The molecule has 0 fully saturated rings. The molecule has 0 saturated carbocycles. The Kier molecular flexibility index (Phi) is 4.20. The average molecular weight is 287 g/mol. The molecular formula is C11H11BrO4. The van der Waals surface area contributed by atoms with E-state index < -0.39 is 12.1 Å². The van der Waals surface area contributed by atoms with Gasteiger partial charge >= 0.3 is 5.97 Å². The van der Waals surface area contributed by atoms with Crippen LogP contribution < -0.4 is 0 Å². The number of Topliss-reactive ketones (excluding diaryl/α,β-unsaturated/α-hetero) is 1. The van der Waals surface area contributed by atoms with Gasteiger partial charge in [-0.3, -0.25) is 4.79 Å². The van der Waals surface area contributed by atoms with E-state index in [1.807, 2.05) is 0 Å². The molecule has 1 atom stereocenters. The van der Waals surface area contributed by atoms with Gasteiger partial charge in [0.15, 0.2) is 6.10 Å². The van der Waals surface area contributed by atoms with Gasteiger partial charge in [0.25, 0.3) is 0 Å². The predicted molar refractivity (Wildman–Crippen MR) is 61.1 cm³/mol. The van der Waals surface area contributed by atoms with Gasteiger partial charge in [0, 0.05) is 10.9 Å². The Morgan fingerprint density at radius 2 is 2.06 bits per heavy atom. The number of carboxylic acid groups (broad SMARTS) is 1. The number of aliphatic hydroxyl groups is 1. The molecular weight excluding hydrogens is 276 g/mol. The third-order valence-corrected chi connectivity index (χ3v) is 2.80. The second kappa shape index (κ2) is 5.23. The van der Waals surface area contributed by atoms with Crippen molar-refractivity contribution in [3.8, 4) is 0 Å². The fourth-order valence-corrected chi connectivity index (χ4v) is 1.82. The van der Waals surface area contributed by atoms with Gasteiger partial charge in [0.05, 0.1) is 0 Å². The number of halogens is 1. The number of carbonyl (C=O) groups is 2. The molecule has 86 valence electrons. The maximum absolute atomic E-state index is 10.9. The SMILES string of the molecule is CC(=O)Cc1ccc(C(O)C(=O)O)cc1Br. The first-order valence-electron chi connectivity index (χ1n) is 4.60. The second-order valence-electron chi connectivity index (χ2n) is 3.47. The lowest BCUT2D eigenvalue weighted by Crippen LogP contribution is -2.10. The van der Waals surface area contributed by atoms with Crippen LogP contribution in [-0.4, -0.2) is 22.0 Å². The van der Waals surface area contributed by atoms with Gasteiger partial charge in [0.1, 0.15) is 5.78 Å². The molecule has 0 amide bonds. The van der Waals surface area contributed by atoms with Gasteiger partial charge in [-0.2, -0.15) is 0 Å². The van der Waals surface area contributed by atoms with Crippen LogP contribution in [0.1, 0.15) is 24.2 Å². The van der Waals surface area contributed by atoms with Gasteiger partial charge in [-0.15, -0.1) is 0 Å². The summed E-state index contributed by atoms with van der Waals surface area (Å²) in [5.74, 6) is -1.28. The second-order valence-corrected chi connectivity index (χ2v) is 4.32. The van der Waals surface area contributed by atoms with E-state index in [1.54, 1.807) is 6.07 Å². The maximum atomic E-state index is 10.9. The van der Waals surface area contributed by atoms with E-state index in [0.717, 1.165) is 5.56 Å². The van der Waals surface area contributed by atoms with E-state index in [2.05, 4.69) is 15.9 Å². The van der Waals surface area contributed by atoms with Crippen LogP contribution >= 0.6 is 15.9 Å². The third kappa shape index (κ3) is 3.15. The van der Waals surface area contributed by atoms with E-state index in [0.29, 0.717) is 4.47 Å². The van der Waals surface area contributed by atoms with Crippen molar-refractivity contribution in [2.45, 2.75) is 19.4 Å². The van der Waals surface area contributed by atoms with Crippen LogP contribution in [0.2, 0.25) is 0 Å². The van der Waals surface area contributed by atoms with Crippen LogP contribution in [0.15, 0.2) is 22.7 Å². The molecule has 1 unspecified atom stereocenters. The molecule has 0 aliphatic rings. The van der Waals surface area contributed by atoms with Crippen LogP contribution in [0.5, 0.6) is 0 Å². The maximum Gasteiger partial charge on any atom is 0.337 e. The Hall–Kier alpha value is -1.20. The molecule has 0 aliphatic carbocycles. The van der Waals surface area contributed by atoms with Crippen molar-refractivity contribution in [2.75, 3.05) is 0 Å². The number of aliphatic carboxylic acids is 1. The molecule has 5 heteroatoms. The van der Waals surface area contributed by atoms with Gasteiger partial charge in [-0.1, -0.05) is 28.1 Å². The number of aliphatic hydroxyl groups excluding tert-OH is 1. The monoisotopic (exact) mass is 286 g/mol. The summed E-state index contributed by atoms with van der Waals surface area (Å²) in [5, 5.41) is 17.9. The first kappa shape index (κ1) is 12.9. The summed E-state index contributed by atoms with van der Waals surface area (Å²) in [5.41, 5.74) is 1.06. The number of carboxylic acids is 1. The summed E-state index contributed by atoms with van der Waals surface area (Å²) in [6.07, 6.45) is -1.26. The summed E-state index contributed by atoms with van der Waals surface area (Å²) in [6, 6.07) is 4.64. The molecule has 1 rings (SSSR count). The lowest BCUT2D eigenvalue weighted by molar-refractivity contribution is -0.147. The number of hydrogen-bond donors (Lipinski definition) is 2. The third-order valence-electron chi connectivity index (χ3n) is 2.07. The minimum atomic E-state index is -1.54. The van der Waals surface area contributed by atoms with Crippen LogP contribution in [0.4, 0.5) is 0 Å². The van der Waals surface area contributed by atoms with E-state index in [4.69, 9.17) is 5.11 Å². The van der Waals surface area contributed by atoms with Crippen molar-refractivity contribution in [1.82, 2.24) is 0 Å². The zero-order valence-corrected chi connectivity index (χ0v) is 10.2. The normalized spacial score (nSPS) is 12.2. The van der Waals surface area contributed by atoms with Crippen molar-refractivity contribution in [2.24, 2.45) is 0 Å². The minimum absolute atomic E-state index is 0.0206. The van der Waals surface area contributed by atoms with Crippen LogP contribution in [0.25, 0.3) is 0 Å². The zero-order valence-electron chi connectivity index (χ0n) is 8.61. The highest BCUT2D eigenvalue weighted by Gasteiger charge is 2.16. The molecule has 0 radical (unpaired) electrons. The molecule has 0 heterocycles. The Labute approximate surface area is 101 Å². The molecule has 1 aromatic rings. The van der Waals surface area contributed by atoms with Gasteiger partial charge in [-0.05, 0) is 24.1 Å². The zero-order chi connectivity index (χ0) is 12.3. The number of hydrogen-bond acceptors (Lipinski definition) is 3. The standard InChI is InChI=1S/C11H11BrO4/c1-6(13)4-7-2-3-8(5-9(7)12)10(14)11(15)16/h2-3,5,10,14H,4H2,1H3,(H,15,16). The van der Waals surface area contributed by atoms with Crippen molar-refractivity contribution < 1.29 is 19.8 Å². The molecule has 2 N–H and O–H groups in total. The molecule has 4 nitrogen and oxygen atoms in total. The Bertz CT molecular complexity index is 428. The number of ketones is 1. The van der Waals surface area contributed by atoms with Gasteiger partial charge in [0.2, 0.25) is 0 Å². The number of benzene rings is 1. The van der Waals surface area contributed by atoms with Gasteiger partial charge < -0.3 is 10.2 Å². The van der Waals surface area contributed by atoms with E-state index in [9.17, 15) is 14.7 Å². The van der Waals surface area contributed by atoms with Crippen molar-refractivity contribution in [1.29, 1.82) is 0 Å². The first-order chi connectivity index (χ1) is 7.41. The number of rotatable bonds is 4. The molecule has 0 aromatic heterocycles. The smallest absolute Gasteiger partial charge is 0.337 e.